The van der Waals surface area contributed by atoms with Gasteiger partial charge in [-0.15, -0.1) is 0 Å². The van der Waals surface area contributed by atoms with Crippen LogP contribution in [0.15, 0.2) is 30.3 Å². The van der Waals surface area contributed by atoms with Gasteiger partial charge in [0.1, 0.15) is 5.75 Å². The molecule has 0 saturated carbocycles. The summed E-state index contributed by atoms with van der Waals surface area (Å²) < 4.78 is 5.51. The van der Waals surface area contributed by atoms with Crippen molar-refractivity contribution in [2.24, 2.45) is 0 Å². The average molecular weight is 361 g/mol. The van der Waals surface area contributed by atoms with E-state index < -0.39 is 0 Å². The lowest BCUT2D eigenvalue weighted by molar-refractivity contribution is 0.0556. The second kappa shape index (κ2) is 8.37. The van der Waals surface area contributed by atoms with Crippen molar-refractivity contribution >= 4 is 6.09 Å². The molecule has 1 unspecified atom stereocenters. The molecule has 3 rings (SSSR count). The number of para-hydroxylation sites is 1. The van der Waals surface area contributed by atoms with Gasteiger partial charge in [-0.3, -0.25) is 4.90 Å². The van der Waals surface area contributed by atoms with Gasteiger partial charge in [-0.1, -0.05) is 18.2 Å². The molecule has 1 aromatic carbocycles. The van der Waals surface area contributed by atoms with E-state index in [0.29, 0.717) is 11.8 Å². The molecule has 2 fully saturated rings. The third kappa shape index (κ3) is 4.96. The summed E-state index contributed by atoms with van der Waals surface area (Å²) in [5, 5.41) is 3.23. The molecule has 2 saturated heterocycles. The van der Waals surface area contributed by atoms with Crippen LogP contribution in [0, 0.1) is 0 Å². The lowest BCUT2D eigenvalue weighted by atomic mass is 9.86. The molecular formula is C20H32N4O2. The lowest BCUT2D eigenvalue weighted by Crippen LogP contribution is -2.63. The fourth-order valence-electron chi connectivity index (χ4n) is 3.90. The average Bonchev–Trinajstić information content (AvgIpc) is 2.62. The first-order valence-corrected chi connectivity index (χ1v) is 9.62. The van der Waals surface area contributed by atoms with Crippen molar-refractivity contribution in [1.29, 1.82) is 0 Å². The highest BCUT2D eigenvalue weighted by Gasteiger charge is 2.38. The Kier molecular flexibility index (Phi) is 6.16. The van der Waals surface area contributed by atoms with Crippen LogP contribution >= 0.6 is 0 Å². The van der Waals surface area contributed by atoms with Gasteiger partial charge in [0.25, 0.3) is 0 Å². The van der Waals surface area contributed by atoms with Crippen molar-refractivity contribution in [2.45, 2.75) is 31.3 Å². The zero-order chi connectivity index (χ0) is 18.6. The molecule has 0 aliphatic carbocycles. The number of hydrogen-bond donors (Lipinski definition) is 1. The third-order valence-corrected chi connectivity index (χ3v) is 5.84. The summed E-state index contributed by atoms with van der Waals surface area (Å²) in [6.45, 7) is 8.32. The Hall–Kier alpha value is -1.63. The van der Waals surface area contributed by atoms with E-state index in [1.807, 2.05) is 30.3 Å². The van der Waals surface area contributed by atoms with Crippen LogP contribution < -0.4 is 10.1 Å². The summed E-state index contributed by atoms with van der Waals surface area (Å²) in [5.74, 6) is 0.585. The van der Waals surface area contributed by atoms with Gasteiger partial charge in [0, 0.05) is 45.3 Å². The SMILES string of the molecule is CC1CN(CC2(NC(=O)Oc3ccccc3)CCN(C)CC2)CCN1C. The van der Waals surface area contributed by atoms with Crippen LogP contribution in [0.2, 0.25) is 0 Å². The quantitative estimate of drug-likeness (QED) is 0.888. The van der Waals surface area contributed by atoms with E-state index in [-0.39, 0.29) is 11.6 Å². The van der Waals surface area contributed by atoms with Crippen LogP contribution in [0.5, 0.6) is 5.75 Å². The van der Waals surface area contributed by atoms with Gasteiger partial charge in [-0.25, -0.2) is 4.79 Å². The van der Waals surface area contributed by atoms with Crippen LogP contribution in [0.1, 0.15) is 19.8 Å². The van der Waals surface area contributed by atoms with E-state index in [0.717, 1.165) is 52.1 Å². The Bertz CT molecular complexity index is 587. The Morgan fingerprint density at radius 3 is 2.50 bits per heavy atom. The number of piperazine rings is 1. The van der Waals surface area contributed by atoms with E-state index in [2.05, 4.69) is 41.0 Å². The molecule has 1 aromatic rings. The van der Waals surface area contributed by atoms with E-state index in [9.17, 15) is 4.79 Å². The van der Waals surface area contributed by atoms with Gasteiger partial charge >= 0.3 is 6.09 Å². The summed E-state index contributed by atoms with van der Waals surface area (Å²) in [6.07, 6.45) is 1.56. The van der Waals surface area contributed by atoms with Gasteiger partial charge in [0.15, 0.2) is 0 Å². The number of hydrogen-bond acceptors (Lipinski definition) is 5. The zero-order valence-electron chi connectivity index (χ0n) is 16.3. The van der Waals surface area contributed by atoms with Crippen molar-refractivity contribution in [3.8, 4) is 5.75 Å². The molecule has 2 heterocycles. The monoisotopic (exact) mass is 360 g/mol. The number of carbonyl (C=O) groups is 1. The molecule has 1 amide bonds. The van der Waals surface area contributed by atoms with Gasteiger partial charge in [-0.05, 0) is 46.0 Å². The Balaban J connectivity index is 1.65. The number of likely N-dealkylation sites (tertiary alicyclic amines) is 1. The summed E-state index contributed by atoms with van der Waals surface area (Å²) in [7, 11) is 4.33. The minimum Gasteiger partial charge on any atom is -0.410 e. The predicted octanol–water partition coefficient (Wildman–Crippen LogP) is 1.88. The summed E-state index contributed by atoms with van der Waals surface area (Å²) in [4.78, 5) is 19.8. The fraction of sp³-hybridized carbons (Fsp3) is 0.650. The highest BCUT2D eigenvalue weighted by Crippen LogP contribution is 2.25. The number of nitrogens with one attached hydrogen (secondary N) is 1. The van der Waals surface area contributed by atoms with Crippen LogP contribution in [-0.4, -0.2) is 85.7 Å². The zero-order valence-corrected chi connectivity index (χ0v) is 16.3. The third-order valence-electron chi connectivity index (χ3n) is 5.84. The highest BCUT2D eigenvalue weighted by molar-refractivity contribution is 5.71. The van der Waals surface area contributed by atoms with Crippen molar-refractivity contribution in [2.75, 3.05) is 53.4 Å². The summed E-state index contributed by atoms with van der Waals surface area (Å²) in [5.41, 5.74) is -0.214. The fourth-order valence-corrected chi connectivity index (χ4v) is 3.90. The largest absolute Gasteiger partial charge is 0.413 e. The molecule has 1 N–H and O–H groups in total. The first kappa shape index (κ1) is 19.1. The van der Waals surface area contributed by atoms with Crippen molar-refractivity contribution < 1.29 is 9.53 Å². The molecule has 6 heteroatoms. The topological polar surface area (TPSA) is 48.1 Å². The van der Waals surface area contributed by atoms with Crippen molar-refractivity contribution in [3.05, 3.63) is 30.3 Å². The normalized spacial score (nSPS) is 25.0. The molecule has 2 aliphatic rings. The molecule has 0 spiro atoms. The first-order chi connectivity index (χ1) is 12.5. The maximum Gasteiger partial charge on any atom is 0.413 e. The van der Waals surface area contributed by atoms with Gasteiger partial charge in [0.2, 0.25) is 0 Å². The van der Waals surface area contributed by atoms with Gasteiger partial charge < -0.3 is 19.9 Å². The minimum atomic E-state index is -0.345. The first-order valence-electron chi connectivity index (χ1n) is 9.62. The molecule has 1 atom stereocenters. The molecule has 2 aliphatic heterocycles. The lowest BCUT2D eigenvalue weighted by Gasteiger charge is -2.46. The van der Waals surface area contributed by atoms with Gasteiger partial charge in [-0.2, -0.15) is 0 Å². The number of rotatable bonds is 4. The molecule has 144 valence electrons. The van der Waals surface area contributed by atoms with Crippen LogP contribution in [0.3, 0.4) is 0 Å². The molecule has 0 bridgehead atoms. The van der Waals surface area contributed by atoms with Crippen LogP contribution in [0.25, 0.3) is 0 Å². The van der Waals surface area contributed by atoms with Crippen LogP contribution in [-0.2, 0) is 0 Å². The number of ether oxygens (including phenoxy) is 1. The number of amides is 1. The van der Waals surface area contributed by atoms with Gasteiger partial charge in [0.05, 0.1) is 5.54 Å². The highest BCUT2D eigenvalue weighted by atomic mass is 16.6. The Labute approximate surface area is 157 Å². The molecule has 0 aromatic heterocycles. The van der Waals surface area contributed by atoms with E-state index in [4.69, 9.17) is 4.74 Å². The predicted molar refractivity (Wildman–Crippen MR) is 104 cm³/mol. The number of likely N-dealkylation sites (N-methyl/N-ethyl adjacent to an activating group) is 1. The van der Waals surface area contributed by atoms with Crippen molar-refractivity contribution in [1.82, 2.24) is 20.0 Å². The number of nitrogens with zero attached hydrogens (tertiary/aromatic N) is 3. The standard InChI is InChI=1S/C20H32N4O2/c1-17-15-24(14-13-23(17)3)16-20(9-11-22(2)12-10-20)21-19(25)26-18-7-5-4-6-8-18/h4-8,17H,9-16H2,1-3H3,(H,21,25). The summed E-state index contributed by atoms with van der Waals surface area (Å²) >= 11 is 0. The molecular weight excluding hydrogens is 328 g/mol. The number of carbonyl (C=O) groups excluding carboxylic acids is 1. The molecule has 26 heavy (non-hydrogen) atoms. The Morgan fingerprint density at radius 2 is 1.85 bits per heavy atom. The second-order valence-electron chi connectivity index (χ2n) is 7.98. The summed E-state index contributed by atoms with van der Waals surface area (Å²) in [6, 6.07) is 9.83. The molecule has 0 radical (unpaired) electrons. The van der Waals surface area contributed by atoms with E-state index in [1.165, 1.54) is 0 Å². The molecule has 6 nitrogen and oxygen atoms in total. The maximum atomic E-state index is 12.6. The Morgan fingerprint density at radius 1 is 1.15 bits per heavy atom. The maximum absolute atomic E-state index is 12.6. The number of benzene rings is 1. The van der Waals surface area contributed by atoms with E-state index >= 15 is 0 Å². The van der Waals surface area contributed by atoms with Crippen LogP contribution in [0.4, 0.5) is 4.79 Å². The smallest absolute Gasteiger partial charge is 0.410 e. The van der Waals surface area contributed by atoms with E-state index in [1.54, 1.807) is 0 Å². The van der Waals surface area contributed by atoms with Crippen molar-refractivity contribution in [3.63, 3.8) is 0 Å². The number of piperidine rings is 1. The second-order valence-corrected chi connectivity index (χ2v) is 7.98. The minimum absolute atomic E-state index is 0.214.